The van der Waals surface area contributed by atoms with Gasteiger partial charge in [-0.2, -0.15) is 0 Å². The second kappa shape index (κ2) is 4.97. The predicted octanol–water partition coefficient (Wildman–Crippen LogP) is 2.36. The summed E-state index contributed by atoms with van der Waals surface area (Å²) in [7, 11) is 0. The molecule has 1 aromatic heterocycles. The van der Waals surface area contributed by atoms with Crippen molar-refractivity contribution in [1.29, 1.82) is 0 Å². The van der Waals surface area contributed by atoms with Gasteiger partial charge in [0.25, 0.3) is 0 Å². The monoisotopic (exact) mass is 257 g/mol. The van der Waals surface area contributed by atoms with Gasteiger partial charge >= 0.3 is 0 Å². The Hall–Kier alpha value is -1.94. The number of nitrogens with two attached hydrogens (primary N) is 1. The van der Waals surface area contributed by atoms with Crippen LogP contribution in [0, 0.1) is 5.82 Å². The van der Waals surface area contributed by atoms with Crippen molar-refractivity contribution < 1.29 is 4.39 Å². The highest BCUT2D eigenvalue weighted by atomic mass is 19.1. The quantitative estimate of drug-likeness (QED) is 0.840. The summed E-state index contributed by atoms with van der Waals surface area (Å²) >= 11 is 0. The number of benzene rings is 1. The third kappa shape index (κ3) is 2.58. The number of aromatic nitrogens is 1. The fourth-order valence-corrected chi connectivity index (χ4v) is 2.63. The van der Waals surface area contributed by atoms with Crippen molar-refractivity contribution in [1.82, 2.24) is 9.88 Å². The van der Waals surface area contributed by atoms with Gasteiger partial charge in [0.15, 0.2) is 0 Å². The van der Waals surface area contributed by atoms with Crippen molar-refractivity contribution in [2.45, 2.75) is 19.5 Å². The third-order valence-electron chi connectivity index (χ3n) is 3.55. The number of hydrogen-bond donors (Lipinski definition) is 1. The topological polar surface area (TPSA) is 42.1 Å². The van der Waals surface area contributed by atoms with Crippen LogP contribution in [0.3, 0.4) is 0 Å². The molecule has 19 heavy (non-hydrogen) atoms. The summed E-state index contributed by atoms with van der Waals surface area (Å²) in [5, 5.41) is 0. The fourth-order valence-electron chi connectivity index (χ4n) is 2.63. The van der Waals surface area contributed by atoms with E-state index in [1.807, 2.05) is 12.1 Å². The summed E-state index contributed by atoms with van der Waals surface area (Å²) in [5.41, 5.74) is 10.3. The molecule has 0 fully saturated rings. The molecular weight excluding hydrogens is 241 g/mol. The Morgan fingerprint density at radius 1 is 1.32 bits per heavy atom. The molecule has 0 spiro atoms. The zero-order valence-electron chi connectivity index (χ0n) is 10.6. The molecule has 1 aromatic carbocycles. The number of nitrogen functional groups attached to an aromatic ring is 1. The van der Waals surface area contributed by atoms with Crippen LogP contribution in [0.4, 0.5) is 10.1 Å². The van der Waals surface area contributed by atoms with Crippen LogP contribution in [-0.4, -0.2) is 16.4 Å². The van der Waals surface area contributed by atoms with E-state index in [0.29, 0.717) is 0 Å². The Morgan fingerprint density at radius 3 is 3.05 bits per heavy atom. The molecule has 4 heteroatoms. The first-order chi connectivity index (χ1) is 9.22. The number of rotatable bonds is 2. The van der Waals surface area contributed by atoms with Gasteiger partial charge in [-0.3, -0.25) is 9.88 Å². The van der Waals surface area contributed by atoms with Crippen LogP contribution in [0.2, 0.25) is 0 Å². The number of fused-ring (bicyclic) bond motifs is 1. The van der Waals surface area contributed by atoms with E-state index >= 15 is 0 Å². The summed E-state index contributed by atoms with van der Waals surface area (Å²) < 4.78 is 13.1. The van der Waals surface area contributed by atoms with Gasteiger partial charge in [-0.05, 0) is 35.2 Å². The first kappa shape index (κ1) is 12.1. The van der Waals surface area contributed by atoms with Crippen LogP contribution < -0.4 is 5.73 Å². The zero-order valence-corrected chi connectivity index (χ0v) is 10.6. The van der Waals surface area contributed by atoms with Crippen LogP contribution in [0.1, 0.15) is 16.7 Å². The Labute approximate surface area is 111 Å². The maximum absolute atomic E-state index is 13.1. The van der Waals surface area contributed by atoms with Gasteiger partial charge in [0.1, 0.15) is 5.82 Å². The van der Waals surface area contributed by atoms with Crippen LogP contribution in [-0.2, 0) is 19.5 Å². The highest BCUT2D eigenvalue weighted by molar-refractivity contribution is 5.51. The summed E-state index contributed by atoms with van der Waals surface area (Å²) in [6, 6.07) is 7.59. The van der Waals surface area contributed by atoms with Crippen molar-refractivity contribution in [3.63, 3.8) is 0 Å². The molecule has 0 saturated carbocycles. The van der Waals surface area contributed by atoms with Gasteiger partial charge in [-0.15, -0.1) is 0 Å². The molecule has 0 unspecified atom stereocenters. The third-order valence-corrected chi connectivity index (χ3v) is 3.55. The zero-order chi connectivity index (χ0) is 13.2. The highest BCUT2D eigenvalue weighted by Gasteiger charge is 2.17. The first-order valence-corrected chi connectivity index (χ1v) is 6.40. The molecule has 1 aliphatic heterocycles. The van der Waals surface area contributed by atoms with Crippen LogP contribution in [0.5, 0.6) is 0 Å². The SMILES string of the molecule is Nc1cccc2c1CCN(Cc1cncc(F)c1)C2. The second-order valence-corrected chi connectivity index (χ2v) is 4.96. The molecule has 0 radical (unpaired) electrons. The van der Waals surface area contributed by atoms with E-state index in [2.05, 4.69) is 16.0 Å². The molecule has 1 aliphatic rings. The van der Waals surface area contributed by atoms with Crippen LogP contribution >= 0.6 is 0 Å². The van der Waals surface area contributed by atoms with Crippen molar-refractivity contribution in [3.8, 4) is 0 Å². The summed E-state index contributed by atoms with van der Waals surface area (Å²) in [4.78, 5) is 6.18. The van der Waals surface area contributed by atoms with E-state index < -0.39 is 0 Å². The van der Waals surface area contributed by atoms with Crippen molar-refractivity contribution in [2.75, 3.05) is 12.3 Å². The van der Waals surface area contributed by atoms with E-state index in [-0.39, 0.29) is 5.82 Å². The largest absolute Gasteiger partial charge is 0.398 e. The summed E-state index contributed by atoms with van der Waals surface area (Å²) in [6.45, 7) is 2.52. The molecule has 0 bridgehead atoms. The van der Waals surface area contributed by atoms with Gasteiger partial charge in [0.2, 0.25) is 0 Å². The molecule has 3 rings (SSSR count). The van der Waals surface area contributed by atoms with Gasteiger partial charge in [0.05, 0.1) is 6.20 Å². The molecule has 0 atom stereocenters. The molecule has 0 aliphatic carbocycles. The van der Waals surface area contributed by atoms with E-state index in [9.17, 15) is 4.39 Å². The lowest BCUT2D eigenvalue weighted by Crippen LogP contribution is -2.30. The van der Waals surface area contributed by atoms with Crippen molar-refractivity contribution in [2.24, 2.45) is 0 Å². The standard InChI is InChI=1S/C15H16FN3/c16-13-6-11(7-18-8-13)9-19-5-4-14-12(10-19)2-1-3-15(14)17/h1-3,6-8H,4-5,9-10,17H2. The number of nitrogens with zero attached hydrogens (tertiary/aromatic N) is 2. The Balaban J connectivity index is 1.76. The van der Waals surface area contributed by atoms with Gasteiger partial charge in [0, 0.05) is 31.5 Å². The average Bonchev–Trinajstić information content (AvgIpc) is 2.39. The lowest BCUT2D eigenvalue weighted by molar-refractivity contribution is 0.245. The minimum absolute atomic E-state index is 0.279. The molecular formula is C15H16FN3. The Bertz CT molecular complexity index is 598. The molecule has 2 N–H and O–H groups in total. The number of anilines is 1. The predicted molar refractivity (Wildman–Crippen MR) is 72.9 cm³/mol. The molecule has 3 nitrogen and oxygen atoms in total. The fraction of sp³-hybridized carbons (Fsp3) is 0.267. The molecule has 0 amide bonds. The maximum Gasteiger partial charge on any atom is 0.141 e. The number of pyridine rings is 1. The van der Waals surface area contributed by atoms with Crippen LogP contribution in [0.15, 0.2) is 36.7 Å². The molecule has 98 valence electrons. The normalized spacial score (nSPS) is 15.2. The summed E-state index contributed by atoms with van der Waals surface area (Å²) in [5.74, 6) is -0.279. The van der Waals surface area contributed by atoms with Gasteiger partial charge < -0.3 is 5.73 Å². The van der Waals surface area contributed by atoms with E-state index in [4.69, 9.17) is 5.73 Å². The summed E-state index contributed by atoms with van der Waals surface area (Å²) in [6.07, 6.45) is 3.90. The average molecular weight is 257 g/mol. The smallest absolute Gasteiger partial charge is 0.141 e. The molecule has 0 saturated heterocycles. The second-order valence-electron chi connectivity index (χ2n) is 4.96. The number of hydrogen-bond acceptors (Lipinski definition) is 3. The van der Waals surface area contributed by atoms with Crippen LogP contribution in [0.25, 0.3) is 0 Å². The minimum Gasteiger partial charge on any atom is -0.398 e. The lowest BCUT2D eigenvalue weighted by atomic mass is 9.98. The lowest BCUT2D eigenvalue weighted by Gasteiger charge is -2.29. The van der Waals surface area contributed by atoms with E-state index in [1.54, 1.807) is 12.3 Å². The minimum atomic E-state index is -0.279. The Morgan fingerprint density at radius 2 is 2.21 bits per heavy atom. The first-order valence-electron chi connectivity index (χ1n) is 6.40. The van der Waals surface area contributed by atoms with Gasteiger partial charge in [-0.25, -0.2) is 4.39 Å². The van der Waals surface area contributed by atoms with Crippen molar-refractivity contribution in [3.05, 3.63) is 59.2 Å². The van der Waals surface area contributed by atoms with Gasteiger partial charge in [-0.1, -0.05) is 12.1 Å². The van der Waals surface area contributed by atoms with Crippen molar-refractivity contribution >= 4 is 5.69 Å². The number of halogens is 1. The van der Waals surface area contributed by atoms with E-state index in [0.717, 1.165) is 37.3 Å². The Kier molecular flexibility index (Phi) is 3.17. The molecule has 2 heterocycles. The maximum atomic E-state index is 13.1. The van der Waals surface area contributed by atoms with E-state index in [1.165, 1.54) is 17.3 Å². The highest BCUT2D eigenvalue weighted by Crippen LogP contribution is 2.24. The molecule has 2 aromatic rings.